The molecule has 0 aliphatic rings. The van der Waals surface area contributed by atoms with Gasteiger partial charge in [0.05, 0.1) is 23.9 Å². The Labute approximate surface area is 262 Å². The van der Waals surface area contributed by atoms with Gasteiger partial charge in [-0.25, -0.2) is 9.78 Å². The van der Waals surface area contributed by atoms with Crippen molar-refractivity contribution < 1.29 is 40.2 Å². The summed E-state index contributed by atoms with van der Waals surface area (Å²) in [5.74, 6) is 1.32. The molecule has 3 aromatic carbocycles. The average Bonchev–Trinajstić information content (AvgIpc) is 3.38. The van der Waals surface area contributed by atoms with Crippen molar-refractivity contribution >= 4 is 0 Å². The summed E-state index contributed by atoms with van der Waals surface area (Å²) in [5.41, 5.74) is 5.69. The zero-order valence-corrected chi connectivity index (χ0v) is 26.1. The van der Waals surface area contributed by atoms with Crippen molar-refractivity contribution in [3.05, 3.63) is 111 Å². The van der Waals surface area contributed by atoms with Gasteiger partial charge in [-0.2, -0.15) is 0 Å². The molecule has 0 saturated heterocycles. The van der Waals surface area contributed by atoms with Gasteiger partial charge >= 0.3 is 35.3 Å². The Kier molecular flexibility index (Phi) is 9.81. The van der Waals surface area contributed by atoms with E-state index in [1.165, 1.54) is 0 Å². The molecule has 2 heterocycles. The Bertz CT molecular complexity index is 1740. The topological polar surface area (TPSA) is 103 Å². The van der Waals surface area contributed by atoms with Gasteiger partial charge in [-0.05, 0) is 61.6 Å². The number of H-pyrrole nitrogens is 1. The number of rotatable bonds is 9. The number of aromatic amines is 1. The van der Waals surface area contributed by atoms with Crippen LogP contribution in [-0.4, -0.2) is 25.8 Å². The van der Waals surface area contributed by atoms with E-state index in [2.05, 4.69) is 17.1 Å². The van der Waals surface area contributed by atoms with Gasteiger partial charge in [0.25, 0.3) is 5.56 Å². The van der Waals surface area contributed by atoms with Crippen LogP contribution in [0.25, 0.3) is 33.6 Å². The minimum absolute atomic E-state index is 0. The SMILES string of the molecule is CCCc1nc(C)c(-c2ccc(OC(C)C)cc2)c(=O)n1Cc1ccc(-c2ccccc2-c2noc(=O)[nH]2)cc1.[H-].[Na+]. The van der Waals surface area contributed by atoms with E-state index in [-0.39, 0.29) is 42.6 Å². The molecule has 41 heavy (non-hydrogen) atoms. The second-order valence-electron chi connectivity index (χ2n) is 10.0. The first-order valence-electron chi connectivity index (χ1n) is 13.5. The van der Waals surface area contributed by atoms with Crippen molar-refractivity contribution in [2.45, 2.75) is 53.2 Å². The van der Waals surface area contributed by atoms with Gasteiger partial charge in [-0.1, -0.05) is 72.7 Å². The number of aromatic nitrogens is 4. The molecule has 8 nitrogen and oxygen atoms in total. The summed E-state index contributed by atoms with van der Waals surface area (Å²) in [6, 6.07) is 23.3. The van der Waals surface area contributed by atoms with Crippen LogP contribution in [0.1, 0.15) is 45.7 Å². The summed E-state index contributed by atoms with van der Waals surface area (Å²) < 4.78 is 12.3. The third-order valence-electron chi connectivity index (χ3n) is 6.65. The van der Waals surface area contributed by atoms with E-state index >= 15 is 0 Å². The van der Waals surface area contributed by atoms with Gasteiger partial charge in [0, 0.05) is 12.0 Å². The largest absolute Gasteiger partial charge is 1.00 e. The number of hydrogen-bond acceptors (Lipinski definition) is 6. The van der Waals surface area contributed by atoms with Crippen LogP contribution in [-0.2, 0) is 13.0 Å². The maximum absolute atomic E-state index is 13.9. The summed E-state index contributed by atoms with van der Waals surface area (Å²) in [6.45, 7) is 8.35. The first kappa shape index (κ1) is 30.2. The molecule has 0 atom stereocenters. The standard InChI is InChI=1S/C32H32N4O4.Na.H/c1-5-8-28-33-21(4)29(24-15-17-25(18-16-24)39-20(2)3)31(37)36(28)19-22-11-13-23(14-12-22)26-9-6-7-10-27(26)30-34-32(38)40-35-30;;/h6-7,9-18,20H,5,8,19H2,1-4H3,(H,34,35,38);;/q;+1;-1. The minimum atomic E-state index is -0.598. The van der Waals surface area contributed by atoms with Crippen LogP contribution < -0.4 is 45.6 Å². The number of hydrogen-bond donors (Lipinski definition) is 1. The maximum atomic E-state index is 13.9. The molecule has 0 amide bonds. The van der Waals surface area contributed by atoms with E-state index in [1.54, 1.807) is 4.57 Å². The van der Waals surface area contributed by atoms with Crippen molar-refractivity contribution in [3.8, 4) is 39.4 Å². The van der Waals surface area contributed by atoms with Gasteiger partial charge in [0.2, 0.25) is 0 Å². The van der Waals surface area contributed by atoms with E-state index in [4.69, 9.17) is 14.2 Å². The van der Waals surface area contributed by atoms with Crippen molar-refractivity contribution in [1.29, 1.82) is 0 Å². The molecule has 206 valence electrons. The Morgan fingerprint density at radius 1 is 0.951 bits per heavy atom. The molecule has 0 spiro atoms. The monoisotopic (exact) mass is 560 g/mol. The Balaban J connectivity index is 0.00000242. The summed E-state index contributed by atoms with van der Waals surface area (Å²) in [6.07, 6.45) is 1.66. The fourth-order valence-electron chi connectivity index (χ4n) is 4.86. The van der Waals surface area contributed by atoms with Gasteiger partial charge in [0.1, 0.15) is 11.6 Å². The summed E-state index contributed by atoms with van der Waals surface area (Å²) >= 11 is 0. The predicted molar refractivity (Wildman–Crippen MR) is 157 cm³/mol. The van der Waals surface area contributed by atoms with Crippen molar-refractivity contribution in [1.82, 2.24) is 19.7 Å². The smallest absolute Gasteiger partial charge is 1.00 e. The minimum Gasteiger partial charge on any atom is -1.00 e. The molecule has 0 radical (unpaired) electrons. The Morgan fingerprint density at radius 2 is 1.61 bits per heavy atom. The molecule has 9 heteroatoms. The Morgan fingerprint density at radius 3 is 2.22 bits per heavy atom. The summed E-state index contributed by atoms with van der Waals surface area (Å²) in [7, 11) is 0. The first-order valence-corrected chi connectivity index (χ1v) is 13.5. The molecule has 5 aromatic rings. The molecule has 0 bridgehead atoms. The van der Waals surface area contributed by atoms with Gasteiger partial charge in [-0.15, -0.1) is 0 Å². The molecular formula is C32H33N4NaO4. The van der Waals surface area contributed by atoms with Crippen molar-refractivity contribution in [2.75, 3.05) is 0 Å². The number of ether oxygens (including phenoxy) is 1. The maximum Gasteiger partial charge on any atom is 1.00 e. The van der Waals surface area contributed by atoms with E-state index in [0.29, 0.717) is 24.4 Å². The zero-order valence-electron chi connectivity index (χ0n) is 25.1. The van der Waals surface area contributed by atoms with Crippen LogP contribution in [0.5, 0.6) is 5.75 Å². The number of benzene rings is 3. The molecule has 1 N–H and O–H groups in total. The third kappa shape index (κ3) is 6.78. The van der Waals surface area contributed by atoms with Crippen LogP contribution in [0.3, 0.4) is 0 Å². The second kappa shape index (κ2) is 13.3. The summed E-state index contributed by atoms with van der Waals surface area (Å²) in [5, 5.41) is 3.84. The van der Waals surface area contributed by atoms with E-state index < -0.39 is 5.76 Å². The van der Waals surface area contributed by atoms with Crippen LogP contribution >= 0.6 is 0 Å². The fourth-order valence-corrected chi connectivity index (χ4v) is 4.86. The molecular weight excluding hydrogens is 527 g/mol. The first-order chi connectivity index (χ1) is 19.3. The van der Waals surface area contributed by atoms with Crippen molar-refractivity contribution in [3.63, 3.8) is 0 Å². The number of aryl methyl sites for hydroxylation is 2. The quantitative estimate of drug-likeness (QED) is 0.278. The molecule has 2 aromatic heterocycles. The second-order valence-corrected chi connectivity index (χ2v) is 10.0. The molecule has 0 fully saturated rings. The van der Waals surface area contributed by atoms with Crippen LogP contribution in [0.4, 0.5) is 0 Å². The zero-order chi connectivity index (χ0) is 28.2. The molecule has 0 aliphatic heterocycles. The van der Waals surface area contributed by atoms with Crippen LogP contribution in [0.15, 0.2) is 86.9 Å². The van der Waals surface area contributed by atoms with Crippen LogP contribution in [0.2, 0.25) is 0 Å². The van der Waals surface area contributed by atoms with Gasteiger partial charge in [-0.3, -0.25) is 18.9 Å². The fraction of sp³-hybridized carbons (Fsp3) is 0.250. The normalized spacial score (nSPS) is 11.0. The summed E-state index contributed by atoms with van der Waals surface area (Å²) in [4.78, 5) is 32.9. The predicted octanol–water partition coefficient (Wildman–Crippen LogP) is 3.13. The number of nitrogens with zero attached hydrogens (tertiary/aromatic N) is 3. The van der Waals surface area contributed by atoms with Crippen molar-refractivity contribution in [2.24, 2.45) is 0 Å². The molecule has 5 rings (SSSR count). The molecule has 0 unspecified atom stereocenters. The average molecular weight is 561 g/mol. The van der Waals surface area contributed by atoms with Gasteiger partial charge in [0.15, 0.2) is 5.82 Å². The molecule has 0 aliphatic carbocycles. The van der Waals surface area contributed by atoms with Crippen LogP contribution in [0, 0.1) is 6.92 Å². The Hall–Kier alpha value is -3.72. The van der Waals surface area contributed by atoms with E-state index in [0.717, 1.165) is 51.5 Å². The van der Waals surface area contributed by atoms with E-state index in [1.807, 2.05) is 93.6 Å². The van der Waals surface area contributed by atoms with E-state index in [9.17, 15) is 9.59 Å². The molecule has 0 saturated carbocycles. The van der Waals surface area contributed by atoms with Gasteiger partial charge < -0.3 is 6.16 Å². The number of nitrogens with one attached hydrogen (secondary N) is 1. The third-order valence-corrected chi connectivity index (χ3v) is 6.65.